The molecule has 0 radical (unpaired) electrons. The summed E-state index contributed by atoms with van der Waals surface area (Å²) < 4.78 is 28.4. The van der Waals surface area contributed by atoms with Gasteiger partial charge in [0.1, 0.15) is 4.90 Å². The van der Waals surface area contributed by atoms with Crippen LogP contribution in [0.4, 0.5) is 5.82 Å². The second-order valence-electron chi connectivity index (χ2n) is 4.33. The molecule has 0 fully saturated rings. The summed E-state index contributed by atoms with van der Waals surface area (Å²) in [6.07, 6.45) is 3.04. The molecule has 2 heterocycles. The van der Waals surface area contributed by atoms with Crippen LogP contribution in [-0.2, 0) is 23.1 Å². The fourth-order valence-electron chi connectivity index (χ4n) is 1.73. The zero-order valence-electron chi connectivity index (χ0n) is 11.4. The Bertz CT molecular complexity index is 708. The van der Waals surface area contributed by atoms with E-state index < -0.39 is 10.0 Å². The lowest BCUT2D eigenvalue weighted by Gasteiger charge is -2.06. The molecular weight excluding hydrogens is 278 g/mol. The molecule has 2 rings (SSSR count). The summed E-state index contributed by atoms with van der Waals surface area (Å²) in [6, 6.07) is 3.68. The van der Waals surface area contributed by atoms with Crippen LogP contribution in [0.2, 0.25) is 0 Å². The summed E-state index contributed by atoms with van der Waals surface area (Å²) in [4.78, 5) is 4.13. The molecule has 0 spiro atoms. The van der Waals surface area contributed by atoms with Gasteiger partial charge in [0.15, 0.2) is 5.82 Å². The normalized spacial score (nSPS) is 11.7. The first-order valence-electron chi connectivity index (χ1n) is 6.17. The monoisotopic (exact) mass is 295 g/mol. The minimum atomic E-state index is -3.69. The smallest absolute Gasteiger partial charge is 0.246 e. The van der Waals surface area contributed by atoms with Gasteiger partial charge in [-0.25, -0.2) is 13.1 Å². The van der Waals surface area contributed by atoms with Gasteiger partial charge in [-0.15, -0.1) is 0 Å². The van der Waals surface area contributed by atoms with Gasteiger partial charge in [-0.2, -0.15) is 5.10 Å². The third-order valence-electron chi connectivity index (χ3n) is 2.92. The van der Waals surface area contributed by atoms with Gasteiger partial charge in [-0.1, -0.05) is 6.07 Å². The molecule has 7 nitrogen and oxygen atoms in total. The third-order valence-corrected chi connectivity index (χ3v) is 4.33. The highest BCUT2D eigenvalue weighted by Crippen LogP contribution is 2.16. The van der Waals surface area contributed by atoms with Crippen LogP contribution in [0.1, 0.15) is 18.2 Å². The Labute approximate surface area is 117 Å². The molecule has 0 atom stereocenters. The van der Waals surface area contributed by atoms with Crippen molar-refractivity contribution >= 4 is 15.8 Å². The molecule has 0 saturated heterocycles. The largest absolute Gasteiger partial charge is 0.381 e. The highest BCUT2D eigenvalue weighted by Gasteiger charge is 2.21. The van der Waals surface area contributed by atoms with Crippen LogP contribution in [0.3, 0.4) is 0 Å². The number of nitrogens with zero attached hydrogens (tertiary/aromatic N) is 3. The van der Waals surface area contributed by atoms with E-state index in [0.29, 0.717) is 12.2 Å². The third kappa shape index (κ3) is 2.97. The van der Waals surface area contributed by atoms with Crippen LogP contribution < -0.4 is 10.5 Å². The van der Waals surface area contributed by atoms with Gasteiger partial charge in [0.05, 0.1) is 12.2 Å². The minimum absolute atomic E-state index is 0.00269. The highest BCUT2D eigenvalue weighted by atomic mass is 32.2. The quantitative estimate of drug-likeness (QED) is 0.843. The van der Waals surface area contributed by atoms with Gasteiger partial charge < -0.3 is 5.73 Å². The molecule has 20 heavy (non-hydrogen) atoms. The number of hydrogen-bond acceptors (Lipinski definition) is 5. The average Bonchev–Trinajstić information content (AvgIpc) is 2.80. The Balaban J connectivity index is 2.19. The molecule has 0 aliphatic carbocycles. The van der Waals surface area contributed by atoms with E-state index in [1.54, 1.807) is 12.3 Å². The lowest BCUT2D eigenvalue weighted by atomic mass is 10.2. The van der Waals surface area contributed by atoms with E-state index in [-0.39, 0.29) is 17.3 Å². The van der Waals surface area contributed by atoms with E-state index in [0.717, 1.165) is 5.56 Å². The Kier molecular flexibility index (Phi) is 4.05. The fourth-order valence-corrected chi connectivity index (χ4v) is 2.79. The molecule has 0 bridgehead atoms. The molecule has 108 valence electrons. The number of nitrogens with one attached hydrogen (secondary N) is 1. The van der Waals surface area contributed by atoms with Crippen molar-refractivity contribution in [2.45, 2.75) is 31.8 Å². The van der Waals surface area contributed by atoms with Crippen molar-refractivity contribution in [2.24, 2.45) is 0 Å². The van der Waals surface area contributed by atoms with Crippen molar-refractivity contribution in [2.75, 3.05) is 5.73 Å². The summed E-state index contributed by atoms with van der Waals surface area (Å²) in [5.41, 5.74) is 7.24. The average molecular weight is 295 g/mol. The van der Waals surface area contributed by atoms with Crippen molar-refractivity contribution in [1.29, 1.82) is 0 Å². The summed E-state index contributed by atoms with van der Waals surface area (Å²) in [6.45, 7) is 4.40. The Morgan fingerprint density at radius 3 is 2.80 bits per heavy atom. The van der Waals surface area contributed by atoms with E-state index in [1.165, 1.54) is 10.9 Å². The van der Waals surface area contributed by atoms with E-state index in [4.69, 9.17) is 5.73 Å². The maximum atomic E-state index is 12.2. The molecule has 0 aliphatic heterocycles. The number of aromatic nitrogens is 3. The lowest BCUT2D eigenvalue weighted by molar-refractivity contribution is 0.580. The van der Waals surface area contributed by atoms with Crippen LogP contribution >= 0.6 is 0 Å². The Morgan fingerprint density at radius 1 is 1.45 bits per heavy atom. The molecule has 0 aromatic carbocycles. The zero-order valence-corrected chi connectivity index (χ0v) is 12.2. The van der Waals surface area contributed by atoms with Crippen LogP contribution in [0.15, 0.2) is 29.4 Å². The first-order valence-corrected chi connectivity index (χ1v) is 7.65. The molecule has 3 N–H and O–H groups in total. The van der Waals surface area contributed by atoms with Gasteiger partial charge >= 0.3 is 0 Å². The first-order chi connectivity index (χ1) is 9.44. The van der Waals surface area contributed by atoms with Crippen LogP contribution in [-0.4, -0.2) is 23.2 Å². The zero-order chi connectivity index (χ0) is 14.8. The lowest BCUT2D eigenvalue weighted by Crippen LogP contribution is -2.24. The van der Waals surface area contributed by atoms with E-state index in [9.17, 15) is 8.42 Å². The van der Waals surface area contributed by atoms with E-state index in [2.05, 4.69) is 14.8 Å². The standard InChI is InChI=1S/C12H17N5O2S/c1-3-17-8-11(12(13)16-17)20(18,19)15-7-10-9(2)5-4-6-14-10/h4-6,8,15H,3,7H2,1-2H3,(H2,13,16). The molecule has 0 amide bonds. The minimum Gasteiger partial charge on any atom is -0.381 e. The Morgan fingerprint density at radius 2 is 2.20 bits per heavy atom. The van der Waals surface area contributed by atoms with Crippen molar-refractivity contribution in [3.8, 4) is 0 Å². The Hall–Kier alpha value is -1.93. The molecule has 2 aromatic rings. The second-order valence-corrected chi connectivity index (χ2v) is 6.06. The summed E-state index contributed by atoms with van der Waals surface area (Å²) in [5.74, 6) is -0.00269. The summed E-state index contributed by atoms with van der Waals surface area (Å²) >= 11 is 0. The maximum absolute atomic E-state index is 12.2. The van der Waals surface area contributed by atoms with Crippen LogP contribution in [0, 0.1) is 6.92 Å². The first kappa shape index (κ1) is 14.5. The number of aryl methyl sites for hydroxylation is 2. The van der Waals surface area contributed by atoms with Crippen molar-refractivity contribution in [3.63, 3.8) is 0 Å². The molecule has 0 aliphatic rings. The van der Waals surface area contributed by atoms with Crippen LogP contribution in [0.25, 0.3) is 0 Å². The van der Waals surface area contributed by atoms with Gasteiger partial charge in [0.25, 0.3) is 0 Å². The van der Waals surface area contributed by atoms with Crippen molar-refractivity contribution < 1.29 is 8.42 Å². The van der Waals surface area contributed by atoms with Gasteiger partial charge in [-0.05, 0) is 25.5 Å². The number of sulfonamides is 1. The van der Waals surface area contributed by atoms with Crippen molar-refractivity contribution in [3.05, 3.63) is 35.8 Å². The molecule has 0 saturated carbocycles. The summed E-state index contributed by atoms with van der Waals surface area (Å²) in [5, 5.41) is 3.93. The number of anilines is 1. The summed E-state index contributed by atoms with van der Waals surface area (Å²) in [7, 11) is -3.69. The molecular formula is C12H17N5O2S. The number of nitrogens with two attached hydrogens (primary N) is 1. The maximum Gasteiger partial charge on any atom is 0.246 e. The number of pyridine rings is 1. The fraction of sp³-hybridized carbons (Fsp3) is 0.333. The highest BCUT2D eigenvalue weighted by molar-refractivity contribution is 7.89. The number of rotatable bonds is 5. The predicted molar refractivity (Wildman–Crippen MR) is 75.3 cm³/mol. The number of hydrogen-bond donors (Lipinski definition) is 2. The molecule has 0 unspecified atom stereocenters. The molecule has 8 heteroatoms. The van der Waals surface area contributed by atoms with E-state index in [1.807, 2.05) is 19.9 Å². The topological polar surface area (TPSA) is 103 Å². The van der Waals surface area contributed by atoms with Gasteiger partial charge in [0, 0.05) is 18.9 Å². The van der Waals surface area contributed by atoms with E-state index >= 15 is 0 Å². The predicted octanol–water partition coefficient (Wildman–Crippen LogP) is 0.667. The number of nitrogen functional groups attached to an aromatic ring is 1. The SMILES string of the molecule is CCn1cc(S(=O)(=O)NCc2ncccc2C)c(N)n1. The molecule has 2 aromatic heterocycles. The van der Waals surface area contributed by atoms with Gasteiger partial charge in [0.2, 0.25) is 10.0 Å². The van der Waals surface area contributed by atoms with Gasteiger partial charge in [-0.3, -0.25) is 9.67 Å². The van der Waals surface area contributed by atoms with Crippen molar-refractivity contribution in [1.82, 2.24) is 19.5 Å². The van der Waals surface area contributed by atoms with Crippen LogP contribution in [0.5, 0.6) is 0 Å². The second kappa shape index (κ2) is 5.59.